The van der Waals surface area contributed by atoms with Crippen molar-refractivity contribution in [2.24, 2.45) is 5.92 Å². The van der Waals surface area contributed by atoms with Crippen LogP contribution in [0.15, 0.2) is 29.6 Å². The number of hydrogen-bond acceptors (Lipinski definition) is 5. The summed E-state index contributed by atoms with van der Waals surface area (Å²) in [6.45, 7) is 5.27. The average Bonchev–Trinajstić information content (AvgIpc) is 3.25. The predicted molar refractivity (Wildman–Crippen MR) is 95.6 cm³/mol. The van der Waals surface area contributed by atoms with Crippen molar-refractivity contribution in [2.75, 3.05) is 19.6 Å². The van der Waals surface area contributed by atoms with Crippen molar-refractivity contribution < 1.29 is 9.53 Å². The molecular weight excluding hydrogens is 322 g/mol. The van der Waals surface area contributed by atoms with E-state index in [0.29, 0.717) is 30.4 Å². The van der Waals surface area contributed by atoms with Crippen LogP contribution in [0.4, 0.5) is 0 Å². The molecule has 2 aromatic rings. The maximum Gasteiger partial charge on any atom is 0.251 e. The van der Waals surface area contributed by atoms with Gasteiger partial charge in [0.2, 0.25) is 0 Å². The molecule has 0 aliphatic carbocycles. The number of benzene rings is 1. The van der Waals surface area contributed by atoms with Crippen LogP contribution in [0.1, 0.15) is 33.9 Å². The van der Waals surface area contributed by atoms with Gasteiger partial charge in [-0.25, -0.2) is 4.98 Å². The number of thiazole rings is 1. The van der Waals surface area contributed by atoms with Gasteiger partial charge in [-0.2, -0.15) is 0 Å². The Balaban J connectivity index is 1.48. The summed E-state index contributed by atoms with van der Waals surface area (Å²) in [5, 5.41) is 9.36. The standard InChI is InChI=1S/C18H23N3O2S/c1-13-21-16(12-24-13)11-23-17-4-2-3-15(9-17)18(22)20-8-6-14-5-7-19-10-14/h2-4,9,12,14,19H,5-8,10-11H2,1H3,(H,20,22). The van der Waals surface area contributed by atoms with Crippen LogP contribution in [0.5, 0.6) is 5.75 Å². The summed E-state index contributed by atoms with van der Waals surface area (Å²) in [6.07, 6.45) is 2.23. The van der Waals surface area contributed by atoms with E-state index in [-0.39, 0.29) is 5.91 Å². The van der Waals surface area contributed by atoms with E-state index in [0.717, 1.165) is 30.2 Å². The minimum Gasteiger partial charge on any atom is -0.487 e. The third-order valence-electron chi connectivity index (χ3n) is 4.15. The van der Waals surface area contributed by atoms with Gasteiger partial charge in [-0.3, -0.25) is 4.79 Å². The molecular formula is C18H23N3O2S. The van der Waals surface area contributed by atoms with Gasteiger partial charge in [0.1, 0.15) is 12.4 Å². The quantitative estimate of drug-likeness (QED) is 0.810. The second-order valence-electron chi connectivity index (χ2n) is 6.08. The average molecular weight is 345 g/mol. The van der Waals surface area contributed by atoms with Gasteiger partial charge < -0.3 is 15.4 Å². The summed E-state index contributed by atoms with van der Waals surface area (Å²) in [4.78, 5) is 16.6. The maximum absolute atomic E-state index is 12.3. The monoisotopic (exact) mass is 345 g/mol. The van der Waals surface area contributed by atoms with E-state index in [2.05, 4.69) is 15.6 Å². The highest BCUT2D eigenvalue weighted by molar-refractivity contribution is 7.09. The maximum atomic E-state index is 12.3. The second-order valence-corrected chi connectivity index (χ2v) is 7.14. The third-order valence-corrected chi connectivity index (χ3v) is 4.97. The molecule has 6 heteroatoms. The van der Waals surface area contributed by atoms with E-state index in [1.807, 2.05) is 30.5 Å². The van der Waals surface area contributed by atoms with Crippen molar-refractivity contribution in [3.8, 4) is 5.75 Å². The zero-order chi connectivity index (χ0) is 16.8. The lowest BCUT2D eigenvalue weighted by Gasteiger charge is -2.10. The van der Waals surface area contributed by atoms with Crippen molar-refractivity contribution in [3.63, 3.8) is 0 Å². The zero-order valence-electron chi connectivity index (χ0n) is 13.9. The molecule has 2 heterocycles. The first-order chi connectivity index (χ1) is 11.7. The molecule has 1 amide bonds. The molecule has 0 saturated carbocycles. The molecule has 1 atom stereocenters. The van der Waals surface area contributed by atoms with E-state index >= 15 is 0 Å². The van der Waals surface area contributed by atoms with Gasteiger partial charge in [-0.15, -0.1) is 11.3 Å². The van der Waals surface area contributed by atoms with Crippen molar-refractivity contribution in [1.29, 1.82) is 0 Å². The first-order valence-corrected chi connectivity index (χ1v) is 9.21. The number of nitrogens with one attached hydrogen (secondary N) is 2. The highest BCUT2D eigenvalue weighted by Crippen LogP contribution is 2.17. The normalized spacial score (nSPS) is 17.0. The number of aryl methyl sites for hydroxylation is 1. The molecule has 1 saturated heterocycles. The molecule has 2 N–H and O–H groups in total. The highest BCUT2D eigenvalue weighted by atomic mass is 32.1. The Bertz CT molecular complexity index is 680. The van der Waals surface area contributed by atoms with Gasteiger partial charge in [-0.05, 0) is 57.0 Å². The number of carbonyl (C=O) groups excluding carboxylic acids is 1. The third kappa shape index (κ3) is 4.79. The number of carbonyl (C=O) groups is 1. The summed E-state index contributed by atoms with van der Waals surface area (Å²) in [6, 6.07) is 7.30. The number of nitrogens with zero attached hydrogens (tertiary/aromatic N) is 1. The van der Waals surface area contributed by atoms with Crippen molar-refractivity contribution >= 4 is 17.2 Å². The summed E-state index contributed by atoms with van der Waals surface area (Å²) in [7, 11) is 0. The molecule has 1 aliphatic heterocycles. The van der Waals surface area contributed by atoms with Gasteiger partial charge in [0.25, 0.3) is 5.91 Å². The van der Waals surface area contributed by atoms with E-state index < -0.39 is 0 Å². The summed E-state index contributed by atoms with van der Waals surface area (Å²) in [5.74, 6) is 1.32. The first-order valence-electron chi connectivity index (χ1n) is 8.33. The summed E-state index contributed by atoms with van der Waals surface area (Å²) < 4.78 is 5.74. The summed E-state index contributed by atoms with van der Waals surface area (Å²) >= 11 is 1.61. The van der Waals surface area contributed by atoms with E-state index in [4.69, 9.17) is 4.74 Å². The second kappa shape index (κ2) is 8.26. The molecule has 1 aromatic heterocycles. The Morgan fingerprint density at radius 1 is 1.50 bits per heavy atom. The molecule has 1 aliphatic rings. The molecule has 5 nitrogen and oxygen atoms in total. The molecule has 1 fully saturated rings. The fraction of sp³-hybridized carbons (Fsp3) is 0.444. The Kier molecular flexibility index (Phi) is 5.82. The van der Waals surface area contributed by atoms with Gasteiger partial charge in [-0.1, -0.05) is 6.07 Å². The minimum atomic E-state index is -0.0455. The van der Waals surface area contributed by atoms with Crippen LogP contribution in [0.25, 0.3) is 0 Å². The van der Waals surface area contributed by atoms with E-state index in [9.17, 15) is 4.79 Å². The van der Waals surface area contributed by atoms with Gasteiger partial charge in [0.15, 0.2) is 0 Å². The Morgan fingerprint density at radius 2 is 2.42 bits per heavy atom. The molecule has 1 aromatic carbocycles. The fourth-order valence-electron chi connectivity index (χ4n) is 2.81. The molecule has 0 radical (unpaired) electrons. The van der Waals surface area contributed by atoms with Crippen molar-refractivity contribution in [2.45, 2.75) is 26.4 Å². The molecule has 0 spiro atoms. The zero-order valence-corrected chi connectivity index (χ0v) is 14.7. The Hall–Kier alpha value is -1.92. The van der Waals surface area contributed by atoms with Crippen molar-refractivity contribution in [1.82, 2.24) is 15.6 Å². The fourth-order valence-corrected chi connectivity index (χ4v) is 3.41. The number of hydrogen-bond donors (Lipinski definition) is 2. The number of rotatable bonds is 7. The largest absolute Gasteiger partial charge is 0.487 e. The van der Waals surface area contributed by atoms with Crippen molar-refractivity contribution in [3.05, 3.63) is 45.9 Å². The molecule has 0 bridgehead atoms. The summed E-state index contributed by atoms with van der Waals surface area (Å²) in [5.41, 5.74) is 1.55. The van der Waals surface area contributed by atoms with Gasteiger partial charge >= 0.3 is 0 Å². The number of amides is 1. The number of aromatic nitrogens is 1. The van der Waals surface area contributed by atoms with Crippen LogP contribution >= 0.6 is 11.3 Å². The SMILES string of the molecule is Cc1nc(COc2cccc(C(=O)NCCC3CCNC3)c2)cs1. The van der Waals surface area contributed by atoms with Crippen LogP contribution in [-0.4, -0.2) is 30.5 Å². The predicted octanol–water partition coefficient (Wildman–Crippen LogP) is 2.76. The van der Waals surface area contributed by atoms with E-state index in [1.165, 1.54) is 6.42 Å². The first kappa shape index (κ1) is 16.9. The molecule has 3 rings (SSSR count). The van der Waals surface area contributed by atoms with Crippen LogP contribution in [0.2, 0.25) is 0 Å². The van der Waals surface area contributed by atoms with E-state index in [1.54, 1.807) is 17.4 Å². The smallest absolute Gasteiger partial charge is 0.251 e. The van der Waals surface area contributed by atoms with Gasteiger partial charge in [0, 0.05) is 17.5 Å². The van der Waals surface area contributed by atoms with Crippen LogP contribution < -0.4 is 15.4 Å². The van der Waals surface area contributed by atoms with Gasteiger partial charge in [0.05, 0.1) is 10.7 Å². The van der Waals surface area contributed by atoms with Crippen LogP contribution in [0.3, 0.4) is 0 Å². The van der Waals surface area contributed by atoms with Crippen LogP contribution in [0, 0.1) is 12.8 Å². The van der Waals surface area contributed by atoms with Crippen LogP contribution in [-0.2, 0) is 6.61 Å². The lowest BCUT2D eigenvalue weighted by Crippen LogP contribution is -2.26. The lowest BCUT2D eigenvalue weighted by atomic mass is 10.1. The Labute approximate surface area is 146 Å². The highest BCUT2D eigenvalue weighted by Gasteiger charge is 2.14. The minimum absolute atomic E-state index is 0.0455. The lowest BCUT2D eigenvalue weighted by molar-refractivity contribution is 0.0951. The molecule has 1 unspecified atom stereocenters. The Morgan fingerprint density at radius 3 is 3.17 bits per heavy atom. The number of ether oxygens (including phenoxy) is 1. The molecule has 128 valence electrons. The topological polar surface area (TPSA) is 63.2 Å². The molecule has 24 heavy (non-hydrogen) atoms.